The minimum absolute atomic E-state index is 0.142. The van der Waals surface area contributed by atoms with Gasteiger partial charge in [0.15, 0.2) is 11.9 Å². The van der Waals surface area contributed by atoms with Crippen molar-refractivity contribution >= 4 is 17.7 Å². The molecule has 0 aliphatic carbocycles. The fraction of sp³-hybridized carbons (Fsp3) is 0.227. The van der Waals surface area contributed by atoms with Crippen molar-refractivity contribution in [1.29, 1.82) is 0 Å². The Morgan fingerprint density at radius 1 is 0.933 bits per heavy atom. The second kappa shape index (κ2) is 9.13. The number of para-hydroxylation sites is 2. The molecule has 1 aliphatic rings. The van der Waals surface area contributed by atoms with Gasteiger partial charge in [-0.3, -0.25) is 14.5 Å². The molecule has 1 unspecified atom stereocenters. The van der Waals surface area contributed by atoms with Gasteiger partial charge in [-0.2, -0.15) is 0 Å². The maximum atomic E-state index is 13.0. The molecule has 1 heterocycles. The summed E-state index contributed by atoms with van der Waals surface area (Å²) >= 11 is 0. The number of rotatable bonds is 7. The number of esters is 1. The zero-order valence-corrected chi connectivity index (χ0v) is 16.9. The molecular formula is C22H22N2O6. The van der Waals surface area contributed by atoms with Crippen LogP contribution in [0.2, 0.25) is 0 Å². The summed E-state index contributed by atoms with van der Waals surface area (Å²) in [5.41, 5.74) is 1.02. The second-order valence-corrected chi connectivity index (χ2v) is 6.50. The second-order valence-electron chi connectivity index (χ2n) is 6.50. The Labute approximate surface area is 174 Å². The number of amides is 1. The average molecular weight is 410 g/mol. The number of carbonyl (C=O) groups is 3. The quantitative estimate of drug-likeness (QED) is 0.701. The molecule has 0 radical (unpaired) electrons. The third-order valence-corrected chi connectivity index (χ3v) is 4.54. The van der Waals surface area contributed by atoms with Crippen LogP contribution in [0.4, 0.5) is 0 Å². The molecule has 0 saturated carbocycles. The van der Waals surface area contributed by atoms with Crippen LogP contribution in [0.15, 0.2) is 60.4 Å². The number of benzene rings is 2. The van der Waals surface area contributed by atoms with Gasteiger partial charge in [-0.1, -0.05) is 24.3 Å². The van der Waals surface area contributed by atoms with E-state index in [-0.39, 0.29) is 18.0 Å². The van der Waals surface area contributed by atoms with Crippen LogP contribution < -0.4 is 14.8 Å². The summed E-state index contributed by atoms with van der Waals surface area (Å²) in [6, 6.07) is 13.4. The Hall–Kier alpha value is -3.81. The summed E-state index contributed by atoms with van der Waals surface area (Å²) in [4.78, 5) is 38.8. The lowest BCUT2D eigenvalue weighted by Gasteiger charge is -2.22. The van der Waals surface area contributed by atoms with E-state index in [1.54, 1.807) is 48.5 Å². The SMILES string of the molecule is COc1ccccc1C(=O)OCC1=CN(C(=O)c2ccccc2OC)C(C(C)=O)N1. The normalized spacial score (nSPS) is 15.1. The van der Waals surface area contributed by atoms with E-state index < -0.39 is 18.0 Å². The van der Waals surface area contributed by atoms with Gasteiger partial charge in [0.05, 0.1) is 25.5 Å². The first-order valence-corrected chi connectivity index (χ1v) is 9.19. The van der Waals surface area contributed by atoms with Crippen LogP contribution in [-0.4, -0.2) is 49.6 Å². The molecule has 2 aromatic carbocycles. The standard InChI is InChI=1S/C22H22N2O6/c1-14(25)20-23-15(13-30-22(27)17-9-5-7-11-19(17)29-3)12-24(20)21(26)16-8-4-6-10-18(16)28-2/h4-12,20,23H,13H2,1-3H3. The molecule has 8 heteroatoms. The molecule has 0 bridgehead atoms. The fourth-order valence-electron chi connectivity index (χ4n) is 3.07. The zero-order chi connectivity index (χ0) is 21.7. The van der Waals surface area contributed by atoms with Gasteiger partial charge in [0.2, 0.25) is 0 Å². The number of carbonyl (C=O) groups excluding carboxylic acids is 3. The van der Waals surface area contributed by atoms with Crippen LogP contribution in [0.5, 0.6) is 11.5 Å². The molecule has 2 aromatic rings. The first-order valence-electron chi connectivity index (χ1n) is 9.19. The number of ether oxygens (including phenoxy) is 3. The van der Waals surface area contributed by atoms with E-state index in [9.17, 15) is 14.4 Å². The molecule has 3 rings (SSSR count). The highest BCUT2D eigenvalue weighted by Gasteiger charge is 2.34. The highest BCUT2D eigenvalue weighted by Crippen LogP contribution is 2.24. The van der Waals surface area contributed by atoms with Crippen LogP contribution in [-0.2, 0) is 9.53 Å². The predicted molar refractivity (Wildman–Crippen MR) is 108 cm³/mol. The van der Waals surface area contributed by atoms with Crippen molar-refractivity contribution < 1.29 is 28.6 Å². The smallest absolute Gasteiger partial charge is 0.342 e. The summed E-state index contributed by atoms with van der Waals surface area (Å²) in [6.07, 6.45) is 0.568. The number of ketones is 1. The van der Waals surface area contributed by atoms with Crippen molar-refractivity contribution in [3.63, 3.8) is 0 Å². The first kappa shape index (κ1) is 20.9. The van der Waals surface area contributed by atoms with E-state index in [0.717, 1.165) is 0 Å². The lowest BCUT2D eigenvalue weighted by atomic mass is 10.1. The molecule has 0 fully saturated rings. The van der Waals surface area contributed by atoms with E-state index in [2.05, 4.69) is 5.32 Å². The Kier molecular flexibility index (Phi) is 6.36. The Morgan fingerprint density at radius 2 is 1.50 bits per heavy atom. The minimum Gasteiger partial charge on any atom is -0.496 e. The van der Waals surface area contributed by atoms with Gasteiger partial charge in [-0.25, -0.2) is 4.79 Å². The lowest BCUT2D eigenvalue weighted by Crippen LogP contribution is -2.45. The molecule has 0 saturated heterocycles. The highest BCUT2D eigenvalue weighted by atomic mass is 16.5. The number of methoxy groups -OCH3 is 2. The average Bonchev–Trinajstić information content (AvgIpc) is 3.21. The summed E-state index contributed by atoms with van der Waals surface area (Å²) in [5.74, 6) is -0.463. The van der Waals surface area contributed by atoms with Crippen LogP contribution in [0.25, 0.3) is 0 Å². The van der Waals surface area contributed by atoms with Gasteiger partial charge >= 0.3 is 5.97 Å². The predicted octanol–water partition coefficient (Wildman–Crippen LogP) is 2.36. The Bertz CT molecular complexity index is 1000. The number of hydrogen-bond acceptors (Lipinski definition) is 7. The van der Waals surface area contributed by atoms with Crippen molar-refractivity contribution in [2.75, 3.05) is 20.8 Å². The van der Waals surface area contributed by atoms with Crippen LogP contribution in [0.3, 0.4) is 0 Å². The van der Waals surface area contributed by atoms with Crippen molar-refractivity contribution in [3.8, 4) is 11.5 Å². The van der Waals surface area contributed by atoms with Gasteiger partial charge in [-0.05, 0) is 31.2 Å². The van der Waals surface area contributed by atoms with E-state index in [4.69, 9.17) is 14.2 Å². The van der Waals surface area contributed by atoms with Crippen LogP contribution in [0.1, 0.15) is 27.6 Å². The van der Waals surface area contributed by atoms with Crippen molar-refractivity contribution in [1.82, 2.24) is 10.2 Å². The lowest BCUT2D eigenvalue weighted by molar-refractivity contribution is -0.121. The van der Waals surface area contributed by atoms with Gasteiger partial charge in [0, 0.05) is 6.20 Å². The third kappa shape index (κ3) is 4.27. The molecule has 0 spiro atoms. The molecule has 0 aromatic heterocycles. The molecule has 1 atom stereocenters. The van der Waals surface area contributed by atoms with Crippen molar-refractivity contribution in [2.45, 2.75) is 13.1 Å². The fourth-order valence-corrected chi connectivity index (χ4v) is 3.07. The first-order chi connectivity index (χ1) is 14.5. The molecular weight excluding hydrogens is 388 g/mol. The maximum Gasteiger partial charge on any atom is 0.342 e. The van der Waals surface area contributed by atoms with Crippen LogP contribution >= 0.6 is 0 Å². The summed E-state index contributed by atoms with van der Waals surface area (Å²) in [5, 5.41) is 2.93. The maximum absolute atomic E-state index is 13.0. The molecule has 30 heavy (non-hydrogen) atoms. The van der Waals surface area contributed by atoms with E-state index in [1.807, 2.05) is 0 Å². The topological polar surface area (TPSA) is 94.2 Å². The van der Waals surface area contributed by atoms with Crippen molar-refractivity contribution in [2.24, 2.45) is 0 Å². The molecule has 1 aliphatic heterocycles. The Balaban J connectivity index is 1.77. The van der Waals surface area contributed by atoms with Gasteiger partial charge in [0.25, 0.3) is 5.91 Å². The molecule has 1 amide bonds. The summed E-state index contributed by atoms with van der Waals surface area (Å²) in [7, 11) is 2.93. The molecule has 156 valence electrons. The van der Waals surface area contributed by atoms with E-state index >= 15 is 0 Å². The molecule has 8 nitrogen and oxygen atoms in total. The van der Waals surface area contributed by atoms with E-state index in [0.29, 0.717) is 22.8 Å². The summed E-state index contributed by atoms with van der Waals surface area (Å²) < 4.78 is 15.7. The molecule has 1 N–H and O–H groups in total. The van der Waals surface area contributed by atoms with Crippen LogP contribution in [0, 0.1) is 0 Å². The van der Waals surface area contributed by atoms with Gasteiger partial charge in [0.1, 0.15) is 23.7 Å². The van der Waals surface area contributed by atoms with Gasteiger partial charge in [-0.15, -0.1) is 0 Å². The Morgan fingerprint density at radius 3 is 2.10 bits per heavy atom. The third-order valence-electron chi connectivity index (χ3n) is 4.54. The van der Waals surface area contributed by atoms with Gasteiger partial charge < -0.3 is 19.5 Å². The number of hydrogen-bond donors (Lipinski definition) is 1. The largest absolute Gasteiger partial charge is 0.496 e. The number of Topliss-reactive ketones (excluding diaryl/α,β-unsaturated/α-hetero) is 1. The highest BCUT2D eigenvalue weighted by molar-refractivity contribution is 6.00. The van der Waals surface area contributed by atoms with E-state index in [1.165, 1.54) is 32.2 Å². The monoisotopic (exact) mass is 410 g/mol. The van der Waals surface area contributed by atoms with Crippen molar-refractivity contribution in [3.05, 3.63) is 71.6 Å². The number of nitrogens with one attached hydrogen (secondary N) is 1. The number of nitrogens with zero attached hydrogens (tertiary/aromatic N) is 1. The summed E-state index contributed by atoms with van der Waals surface area (Å²) in [6.45, 7) is 1.23. The minimum atomic E-state index is -0.901. The zero-order valence-electron chi connectivity index (χ0n) is 16.9.